The van der Waals surface area contributed by atoms with Crippen molar-refractivity contribution in [2.45, 2.75) is 6.04 Å². The number of hydrogen-bond acceptors (Lipinski definition) is 4. The predicted molar refractivity (Wildman–Crippen MR) is 46.3 cm³/mol. The van der Waals surface area contributed by atoms with Crippen molar-refractivity contribution in [3.8, 4) is 0 Å². The lowest BCUT2D eigenvalue weighted by Crippen LogP contribution is -2.46. The predicted octanol–water partition coefficient (Wildman–Crippen LogP) is -1.41. The van der Waals surface area contributed by atoms with E-state index in [2.05, 4.69) is 10.2 Å². The molecule has 3 aliphatic heterocycles. The summed E-state index contributed by atoms with van der Waals surface area (Å²) in [4.78, 5) is 25.1. The second kappa shape index (κ2) is 2.77. The van der Waals surface area contributed by atoms with Gasteiger partial charge in [-0.3, -0.25) is 19.8 Å². The highest BCUT2D eigenvalue weighted by molar-refractivity contribution is 6.06. The standard InChI is InChI=1S/C9H12N2O3/c12-8-5-3-11-1-2-14-4-6(11)7(5)9(13)10-8/h5-7H,1-4H2,(H,10,12,13)/t5-,6-,7+/m0/s1. The van der Waals surface area contributed by atoms with Crippen LogP contribution in [0, 0.1) is 11.8 Å². The van der Waals surface area contributed by atoms with E-state index in [1.165, 1.54) is 0 Å². The van der Waals surface area contributed by atoms with E-state index < -0.39 is 0 Å². The first-order valence-corrected chi connectivity index (χ1v) is 4.94. The van der Waals surface area contributed by atoms with Crippen LogP contribution in [0.2, 0.25) is 0 Å². The molecule has 0 aromatic rings. The molecule has 1 N–H and O–H groups in total. The molecule has 0 spiro atoms. The fraction of sp³-hybridized carbons (Fsp3) is 0.778. The summed E-state index contributed by atoms with van der Waals surface area (Å²) in [5.41, 5.74) is 0. The minimum atomic E-state index is -0.164. The van der Waals surface area contributed by atoms with Crippen LogP contribution in [0.4, 0.5) is 0 Å². The van der Waals surface area contributed by atoms with Gasteiger partial charge in [-0.1, -0.05) is 0 Å². The molecule has 0 saturated carbocycles. The molecular formula is C9H12N2O3. The highest BCUT2D eigenvalue weighted by Gasteiger charge is 2.54. The maximum atomic E-state index is 11.5. The van der Waals surface area contributed by atoms with Gasteiger partial charge in [-0.05, 0) is 0 Å². The maximum Gasteiger partial charge on any atom is 0.232 e. The van der Waals surface area contributed by atoms with Crippen LogP contribution in [0.15, 0.2) is 0 Å². The number of hydrogen-bond donors (Lipinski definition) is 1. The number of amides is 2. The molecule has 0 aromatic heterocycles. The number of ether oxygens (including phenoxy) is 1. The molecule has 2 amide bonds. The van der Waals surface area contributed by atoms with Crippen molar-refractivity contribution < 1.29 is 14.3 Å². The van der Waals surface area contributed by atoms with Crippen LogP contribution in [-0.2, 0) is 14.3 Å². The van der Waals surface area contributed by atoms with E-state index in [4.69, 9.17) is 4.74 Å². The van der Waals surface area contributed by atoms with Crippen LogP contribution in [0.1, 0.15) is 0 Å². The third-order valence-electron chi connectivity index (χ3n) is 3.45. The Bertz CT molecular complexity index is 304. The van der Waals surface area contributed by atoms with Crippen molar-refractivity contribution in [3.63, 3.8) is 0 Å². The number of carbonyl (C=O) groups is 2. The van der Waals surface area contributed by atoms with E-state index in [-0.39, 0.29) is 29.7 Å². The average Bonchev–Trinajstić information content (AvgIpc) is 2.66. The van der Waals surface area contributed by atoms with Crippen molar-refractivity contribution >= 4 is 11.8 Å². The molecule has 0 aliphatic carbocycles. The molecular weight excluding hydrogens is 184 g/mol. The summed E-state index contributed by atoms with van der Waals surface area (Å²) in [6, 6.07) is 0.125. The Kier molecular flexibility index (Phi) is 1.66. The van der Waals surface area contributed by atoms with Gasteiger partial charge in [0.25, 0.3) is 0 Å². The number of nitrogens with zero attached hydrogens (tertiary/aromatic N) is 1. The van der Waals surface area contributed by atoms with Crippen LogP contribution < -0.4 is 5.32 Å². The molecule has 5 heteroatoms. The molecule has 3 fully saturated rings. The Morgan fingerprint density at radius 2 is 2.21 bits per heavy atom. The third kappa shape index (κ3) is 0.965. The first kappa shape index (κ1) is 8.38. The van der Waals surface area contributed by atoms with Crippen molar-refractivity contribution in [2.24, 2.45) is 11.8 Å². The van der Waals surface area contributed by atoms with E-state index in [9.17, 15) is 9.59 Å². The average molecular weight is 196 g/mol. The van der Waals surface area contributed by atoms with Gasteiger partial charge in [-0.25, -0.2) is 0 Å². The quantitative estimate of drug-likeness (QED) is 0.484. The summed E-state index contributed by atoms with van der Waals surface area (Å²) in [7, 11) is 0. The molecule has 14 heavy (non-hydrogen) atoms. The molecule has 3 atom stereocenters. The molecule has 3 saturated heterocycles. The van der Waals surface area contributed by atoms with Gasteiger partial charge in [0.2, 0.25) is 11.8 Å². The van der Waals surface area contributed by atoms with Gasteiger partial charge >= 0.3 is 0 Å². The lowest BCUT2D eigenvalue weighted by molar-refractivity contribution is -0.128. The summed E-state index contributed by atoms with van der Waals surface area (Å²) in [6.07, 6.45) is 0. The zero-order chi connectivity index (χ0) is 9.71. The number of carbonyl (C=O) groups excluding carboxylic acids is 2. The Labute approximate surface area is 81.4 Å². The highest BCUT2D eigenvalue weighted by Crippen LogP contribution is 2.35. The largest absolute Gasteiger partial charge is 0.378 e. The van der Waals surface area contributed by atoms with Gasteiger partial charge in [0.05, 0.1) is 25.0 Å². The van der Waals surface area contributed by atoms with E-state index in [0.717, 1.165) is 13.1 Å². The SMILES string of the molecule is O=C1NC(=O)[C@H]2CN3CCOC[C@H]3[C@H]12. The van der Waals surface area contributed by atoms with Crippen LogP contribution >= 0.6 is 0 Å². The monoisotopic (exact) mass is 196 g/mol. The molecule has 3 heterocycles. The minimum absolute atomic E-state index is 0.102. The van der Waals surface area contributed by atoms with Gasteiger partial charge in [-0.2, -0.15) is 0 Å². The van der Waals surface area contributed by atoms with Gasteiger partial charge in [-0.15, -0.1) is 0 Å². The zero-order valence-corrected chi connectivity index (χ0v) is 7.73. The van der Waals surface area contributed by atoms with Crippen molar-refractivity contribution in [2.75, 3.05) is 26.3 Å². The van der Waals surface area contributed by atoms with E-state index >= 15 is 0 Å². The first-order chi connectivity index (χ1) is 6.77. The number of nitrogens with one attached hydrogen (secondary N) is 1. The Hall–Kier alpha value is -0.940. The molecule has 3 rings (SSSR count). The Balaban J connectivity index is 1.90. The smallest absolute Gasteiger partial charge is 0.232 e. The third-order valence-corrected chi connectivity index (χ3v) is 3.45. The van der Waals surface area contributed by atoms with Crippen molar-refractivity contribution in [3.05, 3.63) is 0 Å². The van der Waals surface area contributed by atoms with Crippen LogP contribution in [0.5, 0.6) is 0 Å². The van der Waals surface area contributed by atoms with E-state index in [1.807, 2.05) is 0 Å². The molecule has 5 nitrogen and oxygen atoms in total. The molecule has 0 aromatic carbocycles. The fourth-order valence-electron chi connectivity index (χ4n) is 2.75. The second-order valence-electron chi connectivity index (χ2n) is 4.12. The van der Waals surface area contributed by atoms with Gasteiger partial charge in [0.15, 0.2) is 0 Å². The molecule has 0 radical (unpaired) electrons. The molecule has 3 aliphatic rings. The van der Waals surface area contributed by atoms with Crippen LogP contribution in [0.3, 0.4) is 0 Å². The maximum absolute atomic E-state index is 11.5. The minimum Gasteiger partial charge on any atom is -0.378 e. The fourth-order valence-corrected chi connectivity index (χ4v) is 2.75. The summed E-state index contributed by atoms with van der Waals surface area (Å²) in [6.45, 7) is 2.86. The van der Waals surface area contributed by atoms with Gasteiger partial charge in [0, 0.05) is 19.1 Å². The van der Waals surface area contributed by atoms with Crippen molar-refractivity contribution in [1.29, 1.82) is 0 Å². The normalized spacial score (nSPS) is 42.1. The number of morpholine rings is 1. The van der Waals surface area contributed by atoms with E-state index in [0.29, 0.717) is 13.2 Å². The first-order valence-electron chi connectivity index (χ1n) is 4.94. The zero-order valence-electron chi connectivity index (χ0n) is 7.73. The topological polar surface area (TPSA) is 58.6 Å². The summed E-state index contributed by atoms with van der Waals surface area (Å²) in [5, 5.41) is 2.39. The number of rotatable bonds is 0. The van der Waals surface area contributed by atoms with Gasteiger partial charge < -0.3 is 4.74 Å². The van der Waals surface area contributed by atoms with Crippen molar-refractivity contribution in [1.82, 2.24) is 10.2 Å². The number of imide groups is 1. The molecule has 0 unspecified atom stereocenters. The van der Waals surface area contributed by atoms with E-state index in [1.54, 1.807) is 0 Å². The summed E-state index contributed by atoms with van der Waals surface area (Å²) in [5.74, 6) is -0.510. The highest BCUT2D eigenvalue weighted by atomic mass is 16.5. The Morgan fingerprint density at radius 3 is 3.07 bits per heavy atom. The lowest BCUT2D eigenvalue weighted by Gasteiger charge is -2.31. The summed E-state index contributed by atoms with van der Waals surface area (Å²) < 4.78 is 5.34. The number of fused-ring (bicyclic) bond motifs is 3. The lowest BCUT2D eigenvalue weighted by atomic mass is 9.93. The Morgan fingerprint density at radius 1 is 1.36 bits per heavy atom. The molecule has 76 valence electrons. The summed E-state index contributed by atoms with van der Waals surface area (Å²) >= 11 is 0. The van der Waals surface area contributed by atoms with Crippen LogP contribution in [0.25, 0.3) is 0 Å². The molecule has 0 bridgehead atoms. The van der Waals surface area contributed by atoms with Crippen LogP contribution in [-0.4, -0.2) is 49.1 Å². The van der Waals surface area contributed by atoms with Gasteiger partial charge in [0.1, 0.15) is 0 Å². The second-order valence-corrected chi connectivity index (χ2v) is 4.12.